The van der Waals surface area contributed by atoms with Gasteiger partial charge in [-0.1, -0.05) is 6.58 Å². The van der Waals surface area contributed by atoms with Crippen LogP contribution in [-0.2, 0) is 4.84 Å². The summed E-state index contributed by atoms with van der Waals surface area (Å²) in [5.41, 5.74) is 4.96. The maximum atomic E-state index is 4.80. The van der Waals surface area contributed by atoms with Gasteiger partial charge < -0.3 is 0 Å². The molecular weight excluding hydrogens is 158 g/mol. The third-order valence-corrected chi connectivity index (χ3v) is 2.13. The Labute approximate surface area is 70.5 Å². The summed E-state index contributed by atoms with van der Waals surface area (Å²) in [6, 6.07) is 2.02. The van der Waals surface area contributed by atoms with E-state index in [0.717, 1.165) is 16.1 Å². The van der Waals surface area contributed by atoms with Crippen LogP contribution in [0.2, 0.25) is 0 Å². The number of rotatable bonds is 3. The summed E-state index contributed by atoms with van der Waals surface area (Å²) in [5.74, 6) is 0. The van der Waals surface area contributed by atoms with Crippen molar-refractivity contribution >= 4 is 21.9 Å². The van der Waals surface area contributed by atoms with Gasteiger partial charge in [-0.15, -0.1) is 11.3 Å². The monoisotopic (exact) mass is 169 g/mol. The molecule has 1 rings (SSSR count). The molecule has 0 amide bonds. The lowest BCUT2D eigenvalue weighted by molar-refractivity contribution is 0.272. The highest BCUT2D eigenvalue weighted by Gasteiger charge is 2.02. The van der Waals surface area contributed by atoms with Gasteiger partial charge in [0.25, 0.3) is 0 Å². The lowest BCUT2D eigenvalue weighted by atomic mass is 10.2. The lowest BCUT2D eigenvalue weighted by Gasteiger charge is -2.02. The van der Waals surface area contributed by atoms with Crippen LogP contribution in [0.3, 0.4) is 0 Å². The molecule has 0 spiro atoms. The Hall–Kier alpha value is -0.800. The molecule has 0 aliphatic rings. The predicted molar refractivity (Wildman–Crippen MR) is 49.7 cm³/mol. The molecule has 0 unspecified atom stereocenters. The first kappa shape index (κ1) is 8.30. The highest BCUT2D eigenvalue weighted by atomic mass is 32.1. The standard InChI is InChI=1S/C8H11NOS/c1-6(2)7-4-5-11-8(7)9-10-3/h4-5,9H,1H2,2-3H3. The SMILES string of the molecule is C=C(C)c1ccsc1NOC. The summed E-state index contributed by atoms with van der Waals surface area (Å²) in [5, 5.41) is 3.02. The van der Waals surface area contributed by atoms with Crippen molar-refractivity contribution in [3.05, 3.63) is 23.6 Å². The van der Waals surface area contributed by atoms with Crippen LogP contribution in [-0.4, -0.2) is 7.11 Å². The minimum Gasteiger partial charge on any atom is -0.279 e. The molecule has 1 aromatic heterocycles. The zero-order valence-electron chi connectivity index (χ0n) is 6.68. The van der Waals surface area contributed by atoms with Crippen LogP contribution in [0.15, 0.2) is 18.0 Å². The molecule has 0 atom stereocenters. The van der Waals surface area contributed by atoms with E-state index in [1.165, 1.54) is 0 Å². The molecule has 1 aromatic rings. The zero-order valence-corrected chi connectivity index (χ0v) is 7.49. The number of nitrogens with one attached hydrogen (secondary N) is 1. The van der Waals surface area contributed by atoms with E-state index < -0.39 is 0 Å². The average molecular weight is 169 g/mol. The van der Waals surface area contributed by atoms with Gasteiger partial charge in [0.15, 0.2) is 0 Å². The molecule has 1 heterocycles. The molecule has 0 saturated heterocycles. The van der Waals surface area contributed by atoms with Gasteiger partial charge in [0.1, 0.15) is 5.00 Å². The van der Waals surface area contributed by atoms with E-state index in [-0.39, 0.29) is 0 Å². The smallest absolute Gasteiger partial charge is 0.120 e. The first-order valence-electron chi connectivity index (χ1n) is 3.28. The summed E-state index contributed by atoms with van der Waals surface area (Å²) in [6.07, 6.45) is 0. The number of anilines is 1. The van der Waals surface area contributed by atoms with E-state index >= 15 is 0 Å². The highest BCUT2D eigenvalue weighted by Crippen LogP contribution is 2.28. The minimum atomic E-state index is 1.01. The Morgan fingerprint density at radius 3 is 3.00 bits per heavy atom. The summed E-state index contributed by atoms with van der Waals surface area (Å²) < 4.78 is 0. The van der Waals surface area contributed by atoms with E-state index in [4.69, 9.17) is 4.84 Å². The van der Waals surface area contributed by atoms with Crippen molar-refractivity contribution in [1.82, 2.24) is 0 Å². The van der Waals surface area contributed by atoms with Crippen molar-refractivity contribution in [3.63, 3.8) is 0 Å². The Morgan fingerprint density at radius 2 is 2.45 bits per heavy atom. The third kappa shape index (κ3) is 1.82. The molecule has 60 valence electrons. The molecular formula is C8H11NOS. The molecule has 11 heavy (non-hydrogen) atoms. The van der Waals surface area contributed by atoms with Crippen LogP contribution in [0.25, 0.3) is 5.57 Å². The quantitative estimate of drug-likeness (QED) is 0.702. The fourth-order valence-electron chi connectivity index (χ4n) is 0.817. The lowest BCUT2D eigenvalue weighted by Crippen LogP contribution is -1.94. The van der Waals surface area contributed by atoms with Crippen LogP contribution in [0.1, 0.15) is 12.5 Å². The van der Waals surface area contributed by atoms with Gasteiger partial charge in [0.05, 0.1) is 7.11 Å². The number of thiophene rings is 1. The first-order valence-corrected chi connectivity index (χ1v) is 4.16. The molecule has 0 saturated carbocycles. The first-order chi connectivity index (χ1) is 5.25. The summed E-state index contributed by atoms with van der Waals surface area (Å²) in [7, 11) is 1.60. The van der Waals surface area contributed by atoms with Crippen molar-refractivity contribution in [2.24, 2.45) is 0 Å². The Balaban J connectivity index is 2.87. The second kappa shape index (κ2) is 3.55. The normalized spacial score (nSPS) is 9.64. The molecule has 0 aliphatic heterocycles. The number of allylic oxidation sites excluding steroid dienone is 1. The molecule has 0 radical (unpaired) electrons. The molecule has 0 bridgehead atoms. The molecule has 3 heteroatoms. The van der Waals surface area contributed by atoms with Gasteiger partial charge >= 0.3 is 0 Å². The fraction of sp³-hybridized carbons (Fsp3) is 0.250. The van der Waals surface area contributed by atoms with E-state index in [9.17, 15) is 0 Å². The Kier molecular flexibility index (Phi) is 2.68. The van der Waals surface area contributed by atoms with Gasteiger partial charge in [-0.3, -0.25) is 10.3 Å². The summed E-state index contributed by atoms with van der Waals surface area (Å²) in [6.45, 7) is 5.83. The highest BCUT2D eigenvalue weighted by molar-refractivity contribution is 7.14. The predicted octanol–water partition coefficient (Wildman–Crippen LogP) is 2.75. The van der Waals surface area contributed by atoms with Crippen LogP contribution >= 0.6 is 11.3 Å². The second-order valence-corrected chi connectivity index (χ2v) is 3.17. The summed E-state index contributed by atoms with van der Waals surface area (Å²) in [4.78, 5) is 4.80. The molecule has 0 fully saturated rings. The maximum Gasteiger partial charge on any atom is 0.120 e. The zero-order chi connectivity index (χ0) is 8.27. The van der Waals surface area contributed by atoms with E-state index in [0.29, 0.717) is 0 Å². The largest absolute Gasteiger partial charge is 0.279 e. The minimum absolute atomic E-state index is 1.01. The van der Waals surface area contributed by atoms with Gasteiger partial charge in [-0.05, 0) is 23.9 Å². The summed E-state index contributed by atoms with van der Waals surface area (Å²) >= 11 is 1.61. The van der Waals surface area contributed by atoms with Crippen molar-refractivity contribution in [1.29, 1.82) is 0 Å². The Bertz CT molecular complexity index is 254. The van der Waals surface area contributed by atoms with E-state index in [1.54, 1.807) is 18.4 Å². The van der Waals surface area contributed by atoms with Gasteiger partial charge in [0, 0.05) is 5.56 Å². The molecule has 0 aliphatic carbocycles. The van der Waals surface area contributed by atoms with Crippen molar-refractivity contribution in [2.45, 2.75) is 6.92 Å². The van der Waals surface area contributed by atoms with Gasteiger partial charge in [0.2, 0.25) is 0 Å². The maximum absolute atomic E-state index is 4.80. The number of hydrogen-bond acceptors (Lipinski definition) is 3. The molecule has 2 nitrogen and oxygen atoms in total. The molecule has 1 N–H and O–H groups in total. The van der Waals surface area contributed by atoms with Crippen molar-refractivity contribution in [3.8, 4) is 0 Å². The number of hydrogen-bond donors (Lipinski definition) is 1. The fourth-order valence-corrected chi connectivity index (χ4v) is 1.66. The van der Waals surface area contributed by atoms with Crippen LogP contribution in [0.4, 0.5) is 5.00 Å². The van der Waals surface area contributed by atoms with Gasteiger partial charge in [-0.25, -0.2) is 0 Å². The average Bonchev–Trinajstić information content (AvgIpc) is 2.36. The Morgan fingerprint density at radius 1 is 1.73 bits per heavy atom. The second-order valence-electron chi connectivity index (χ2n) is 2.25. The van der Waals surface area contributed by atoms with E-state index in [2.05, 4.69) is 12.1 Å². The van der Waals surface area contributed by atoms with Crippen LogP contribution < -0.4 is 5.48 Å². The molecule has 0 aromatic carbocycles. The van der Waals surface area contributed by atoms with Crippen LogP contribution in [0.5, 0.6) is 0 Å². The topological polar surface area (TPSA) is 21.3 Å². The van der Waals surface area contributed by atoms with E-state index in [1.807, 2.05) is 18.4 Å². The van der Waals surface area contributed by atoms with Crippen LogP contribution in [0, 0.1) is 0 Å². The van der Waals surface area contributed by atoms with Crippen molar-refractivity contribution in [2.75, 3.05) is 12.6 Å². The third-order valence-electron chi connectivity index (χ3n) is 1.32. The van der Waals surface area contributed by atoms with Crippen molar-refractivity contribution < 1.29 is 4.84 Å². The van der Waals surface area contributed by atoms with Gasteiger partial charge in [-0.2, -0.15) is 0 Å².